The highest BCUT2D eigenvalue weighted by atomic mass is 32.1. The van der Waals surface area contributed by atoms with Crippen LogP contribution in [-0.2, 0) is 27.9 Å². The van der Waals surface area contributed by atoms with Crippen LogP contribution in [0.3, 0.4) is 0 Å². The molecule has 1 N–H and O–H groups in total. The van der Waals surface area contributed by atoms with E-state index in [0.29, 0.717) is 19.7 Å². The fraction of sp³-hybridized carbons (Fsp3) is 0.545. The number of carboxylic acid groups (broad SMARTS) is 1. The zero-order valence-corrected chi connectivity index (χ0v) is 20.1. The van der Waals surface area contributed by atoms with Crippen LogP contribution in [0.2, 0.25) is 0 Å². The lowest BCUT2D eigenvalue weighted by Gasteiger charge is -2.31. The van der Waals surface area contributed by atoms with Gasteiger partial charge in [0, 0.05) is 37.0 Å². The first-order chi connectivity index (χ1) is 16.6. The molecule has 0 bridgehead atoms. The summed E-state index contributed by atoms with van der Waals surface area (Å²) in [6.07, 6.45) is 1.03. The Labute approximate surface area is 204 Å². The number of hydrogen-bond donors (Lipinski definition) is 1. The van der Waals surface area contributed by atoms with Crippen LogP contribution in [-0.4, -0.2) is 87.3 Å². The van der Waals surface area contributed by atoms with Gasteiger partial charge in [0.05, 0.1) is 25.5 Å². The first-order valence-electron chi connectivity index (χ1n) is 11.1. The van der Waals surface area contributed by atoms with Gasteiger partial charge in [-0.05, 0) is 43.5 Å². The lowest BCUT2D eigenvalue weighted by atomic mass is 9.99. The van der Waals surface area contributed by atoms with E-state index in [9.17, 15) is 18.0 Å². The van der Waals surface area contributed by atoms with Crippen molar-refractivity contribution < 1.29 is 32.6 Å². The fourth-order valence-electron chi connectivity index (χ4n) is 3.99. The van der Waals surface area contributed by atoms with Gasteiger partial charge in [0.25, 0.3) is 0 Å². The third-order valence-corrected chi connectivity index (χ3v) is 6.51. The van der Waals surface area contributed by atoms with Gasteiger partial charge < -0.3 is 19.6 Å². The van der Waals surface area contributed by atoms with Gasteiger partial charge in [-0.1, -0.05) is 11.3 Å². The van der Waals surface area contributed by atoms with Crippen LogP contribution in [0.15, 0.2) is 23.6 Å². The minimum absolute atomic E-state index is 0.00627. The third-order valence-electron chi connectivity index (χ3n) is 5.67. The molecule has 1 unspecified atom stereocenters. The molecule has 1 amide bonds. The van der Waals surface area contributed by atoms with Gasteiger partial charge in [0.1, 0.15) is 5.69 Å². The Bertz CT molecular complexity index is 1000. The second kappa shape index (κ2) is 12.3. The Morgan fingerprint density at radius 2 is 2.03 bits per heavy atom. The van der Waals surface area contributed by atoms with Crippen molar-refractivity contribution in [2.75, 3.05) is 39.4 Å². The first kappa shape index (κ1) is 26.8. The highest BCUT2D eigenvalue weighted by Gasteiger charge is 2.38. The van der Waals surface area contributed by atoms with Crippen LogP contribution in [0, 0.1) is 0 Å². The van der Waals surface area contributed by atoms with Crippen LogP contribution < -0.4 is 0 Å². The van der Waals surface area contributed by atoms with Gasteiger partial charge in [-0.15, -0.1) is 16.4 Å². The van der Waals surface area contributed by atoms with Crippen molar-refractivity contribution >= 4 is 29.3 Å². The molecule has 9 nitrogen and oxygen atoms in total. The van der Waals surface area contributed by atoms with Gasteiger partial charge in [0.2, 0.25) is 5.91 Å². The number of amides is 1. The summed E-state index contributed by atoms with van der Waals surface area (Å²) in [4.78, 5) is 27.0. The minimum Gasteiger partial charge on any atom is -0.475 e. The van der Waals surface area contributed by atoms with E-state index in [1.54, 1.807) is 17.4 Å². The van der Waals surface area contributed by atoms with Crippen LogP contribution in [0.1, 0.15) is 35.0 Å². The molecular formula is C22H28F3N5O4S. The molecule has 0 aromatic carbocycles. The molecule has 2 aromatic rings. The number of ether oxygens (including phenoxy) is 1. The normalized spacial score (nSPS) is 18.4. The Morgan fingerprint density at radius 3 is 2.66 bits per heavy atom. The van der Waals surface area contributed by atoms with Crippen LogP contribution in [0.25, 0.3) is 6.08 Å². The summed E-state index contributed by atoms with van der Waals surface area (Å²) in [6, 6.07) is 3.99. The van der Waals surface area contributed by atoms with Gasteiger partial charge in [0.15, 0.2) is 0 Å². The molecule has 0 spiro atoms. The Kier molecular flexibility index (Phi) is 9.40. The predicted molar refractivity (Wildman–Crippen MR) is 123 cm³/mol. The average Bonchev–Trinajstić information content (AvgIpc) is 3.58. The van der Waals surface area contributed by atoms with Crippen molar-refractivity contribution in [2.24, 2.45) is 7.05 Å². The minimum atomic E-state index is -5.08. The topological polar surface area (TPSA) is 101 Å². The predicted octanol–water partition coefficient (Wildman–Crippen LogP) is 2.76. The number of halogens is 3. The van der Waals surface area contributed by atoms with Crippen molar-refractivity contribution in [3.63, 3.8) is 0 Å². The van der Waals surface area contributed by atoms with Gasteiger partial charge in [-0.3, -0.25) is 9.48 Å². The number of carbonyl (C=O) groups excluding carboxylic acids is 1. The molecule has 2 aliphatic rings. The maximum absolute atomic E-state index is 12.7. The number of carboxylic acids is 1. The summed E-state index contributed by atoms with van der Waals surface area (Å²) in [5, 5.41) is 17.6. The molecule has 2 aliphatic heterocycles. The number of aryl methyl sites for hydroxylation is 1. The number of carbonyl (C=O) groups is 2. The molecule has 1 saturated heterocycles. The molecule has 1 atom stereocenters. The number of aliphatic carboxylic acids is 1. The summed E-state index contributed by atoms with van der Waals surface area (Å²) >= 11 is 1.62. The molecule has 0 radical (unpaired) electrons. The van der Waals surface area contributed by atoms with E-state index in [2.05, 4.69) is 15.2 Å². The quantitative estimate of drug-likeness (QED) is 0.447. The second-order valence-electron chi connectivity index (χ2n) is 8.24. The maximum atomic E-state index is 12.7. The zero-order chi connectivity index (χ0) is 25.4. The second-order valence-corrected chi connectivity index (χ2v) is 9.22. The maximum Gasteiger partial charge on any atom is 0.490 e. The summed E-state index contributed by atoms with van der Waals surface area (Å²) < 4.78 is 39.6. The molecule has 0 aliphatic carbocycles. The SMILES string of the molecule is Cn1nnc2c1C(COCCN1CCCC1)CN(C(=O)/C=C/c1cccs1)C2.O=C(O)C(F)(F)F. The molecule has 35 heavy (non-hydrogen) atoms. The van der Waals surface area contributed by atoms with E-state index >= 15 is 0 Å². The zero-order valence-electron chi connectivity index (χ0n) is 19.3. The van der Waals surface area contributed by atoms with Crippen molar-refractivity contribution in [1.82, 2.24) is 24.8 Å². The third kappa shape index (κ3) is 7.87. The van der Waals surface area contributed by atoms with Crippen molar-refractivity contribution in [3.8, 4) is 0 Å². The van der Waals surface area contributed by atoms with E-state index in [0.717, 1.165) is 29.4 Å². The molecule has 4 heterocycles. The van der Waals surface area contributed by atoms with Crippen molar-refractivity contribution in [2.45, 2.75) is 31.5 Å². The van der Waals surface area contributed by atoms with Gasteiger partial charge >= 0.3 is 12.1 Å². The number of thiophene rings is 1. The van der Waals surface area contributed by atoms with Crippen LogP contribution in [0.5, 0.6) is 0 Å². The van der Waals surface area contributed by atoms with E-state index in [1.165, 1.54) is 25.9 Å². The highest BCUT2D eigenvalue weighted by Crippen LogP contribution is 2.27. The van der Waals surface area contributed by atoms with E-state index in [4.69, 9.17) is 14.6 Å². The molecule has 13 heteroatoms. The average molecular weight is 516 g/mol. The molecule has 4 rings (SSSR count). The Morgan fingerprint density at radius 1 is 1.31 bits per heavy atom. The lowest BCUT2D eigenvalue weighted by molar-refractivity contribution is -0.192. The number of aromatic nitrogens is 3. The molecule has 1 fully saturated rings. The van der Waals surface area contributed by atoms with Crippen LogP contribution in [0.4, 0.5) is 13.2 Å². The molecular weight excluding hydrogens is 487 g/mol. The summed E-state index contributed by atoms with van der Waals surface area (Å²) in [5.41, 5.74) is 1.97. The number of likely N-dealkylation sites (tertiary alicyclic amines) is 1. The van der Waals surface area contributed by atoms with Crippen molar-refractivity contribution in [1.29, 1.82) is 0 Å². The molecule has 192 valence electrons. The summed E-state index contributed by atoms with van der Waals surface area (Å²) in [6.45, 7) is 5.79. The number of hydrogen-bond acceptors (Lipinski definition) is 7. The van der Waals surface area contributed by atoms with Crippen molar-refractivity contribution in [3.05, 3.63) is 39.9 Å². The number of alkyl halides is 3. The summed E-state index contributed by atoms with van der Waals surface area (Å²) in [7, 11) is 1.91. The Hall–Kier alpha value is -2.77. The monoisotopic (exact) mass is 515 g/mol. The van der Waals surface area contributed by atoms with Gasteiger partial charge in [-0.25, -0.2) is 4.79 Å². The number of nitrogens with zero attached hydrogens (tertiary/aromatic N) is 5. The largest absolute Gasteiger partial charge is 0.490 e. The standard InChI is InChI=1S/C20H27N5O2S.C2HF3O2/c1-23-20-16(15-27-11-10-24-8-2-3-9-24)13-25(14-18(20)21-22-23)19(26)7-6-17-5-4-12-28-17;3-2(4,5)1(6)7/h4-7,12,16H,2-3,8-11,13-15H2,1H3;(H,6,7)/b7-6+;. The van der Waals surface area contributed by atoms with Crippen LogP contribution >= 0.6 is 11.3 Å². The highest BCUT2D eigenvalue weighted by molar-refractivity contribution is 7.10. The van der Waals surface area contributed by atoms with E-state index < -0.39 is 12.1 Å². The molecule has 0 saturated carbocycles. The summed E-state index contributed by atoms with van der Waals surface area (Å²) in [5.74, 6) is -2.65. The first-order valence-corrected chi connectivity index (χ1v) is 12.0. The van der Waals surface area contributed by atoms with E-state index in [1.807, 2.05) is 40.2 Å². The number of fused-ring (bicyclic) bond motifs is 1. The smallest absolute Gasteiger partial charge is 0.475 e. The molecule has 2 aromatic heterocycles. The Balaban J connectivity index is 0.000000429. The number of rotatable bonds is 7. The lowest BCUT2D eigenvalue weighted by Crippen LogP contribution is -2.39. The van der Waals surface area contributed by atoms with E-state index in [-0.39, 0.29) is 11.8 Å². The fourth-order valence-corrected chi connectivity index (χ4v) is 4.61. The van der Waals surface area contributed by atoms with Gasteiger partial charge in [-0.2, -0.15) is 13.2 Å².